The van der Waals surface area contributed by atoms with Crippen LogP contribution in [0.4, 0.5) is 0 Å². The Labute approximate surface area is 165 Å². The summed E-state index contributed by atoms with van der Waals surface area (Å²) in [6, 6.07) is 5.80. The quantitative estimate of drug-likeness (QED) is 0.812. The number of aryl methyl sites for hydroxylation is 1. The van der Waals surface area contributed by atoms with Gasteiger partial charge in [-0.05, 0) is 43.9 Å². The number of likely N-dealkylation sites (tertiary alicyclic amines) is 2. The number of piperidine rings is 2. The number of aliphatic hydroxyl groups excluding tert-OH is 1. The lowest BCUT2D eigenvalue weighted by Crippen LogP contribution is -2.62. The fourth-order valence-corrected chi connectivity index (χ4v) is 4.19. The molecule has 2 fully saturated rings. The van der Waals surface area contributed by atoms with Crippen LogP contribution in [-0.4, -0.2) is 76.5 Å². The average Bonchev–Trinajstić information content (AvgIpc) is 2.65. The molecule has 150 valence electrons. The Balaban J connectivity index is 1.62. The van der Waals surface area contributed by atoms with Crippen LogP contribution in [0, 0.1) is 6.92 Å². The second-order valence-corrected chi connectivity index (χ2v) is 8.25. The number of rotatable bonds is 4. The first-order valence-corrected chi connectivity index (χ1v) is 9.95. The van der Waals surface area contributed by atoms with Gasteiger partial charge in [-0.15, -0.1) is 0 Å². The number of halogens is 1. The van der Waals surface area contributed by atoms with Crippen LogP contribution in [0.5, 0.6) is 5.75 Å². The van der Waals surface area contributed by atoms with E-state index in [2.05, 4.69) is 4.90 Å². The number of aliphatic hydroxyl groups is 2. The summed E-state index contributed by atoms with van der Waals surface area (Å²) < 4.78 is 5.79. The normalized spacial score (nSPS) is 27.6. The smallest absolute Gasteiger partial charge is 0.219 e. The first kappa shape index (κ1) is 20.4. The standard InChI is InChI=1S/C20H29ClN2O4/c1-14-3-4-17(21)18(11-14)27-13-20(26)12-23(10-7-19(20)25)16-5-8-22(9-6-16)15(2)24/h3-4,11,16,19,25-26H,5-10,12-13H2,1-2H3/t19-,20-/m0/s1. The van der Waals surface area contributed by atoms with Crippen molar-refractivity contribution in [3.05, 3.63) is 28.8 Å². The summed E-state index contributed by atoms with van der Waals surface area (Å²) in [5.41, 5.74) is -0.326. The predicted octanol–water partition coefficient (Wildman–Crippen LogP) is 1.84. The summed E-state index contributed by atoms with van der Waals surface area (Å²) in [6.07, 6.45) is 1.43. The number of ether oxygens (including phenoxy) is 1. The molecular formula is C20H29ClN2O4. The van der Waals surface area contributed by atoms with Gasteiger partial charge in [0.15, 0.2) is 0 Å². The van der Waals surface area contributed by atoms with Crippen LogP contribution < -0.4 is 4.74 Å². The van der Waals surface area contributed by atoms with Crippen molar-refractivity contribution in [3.8, 4) is 5.75 Å². The van der Waals surface area contributed by atoms with E-state index in [1.807, 2.05) is 24.0 Å². The van der Waals surface area contributed by atoms with E-state index in [0.717, 1.165) is 38.0 Å². The Morgan fingerprint density at radius 3 is 2.67 bits per heavy atom. The van der Waals surface area contributed by atoms with E-state index in [9.17, 15) is 15.0 Å². The molecule has 2 N–H and O–H groups in total. The average molecular weight is 397 g/mol. The molecule has 2 saturated heterocycles. The van der Waals surface area contributed by atoms with Crippen molar-refractivity contribution in [2.24, 2.45) is 0 Å². The molecule has 2 aliphatic rings. The van der Waals surface area contributed by atoms with Crippen molar-refractivity contribution in [2.75, 3.05) is 32.8 Å². The Morgan fingerprint density at radius 1 is 1.30 bits per heavy atom. The van der Waals surface area contributed by atoms with Crippen molar-refractivity contribution < 1.29 is 19.7 Å². The highest BCUT2D eigenvalue weighted by Gasteiger charge is 2.44. The van der Waals surface area contributed by atoms with Crippen molar-refractivity contribution in [1.29, 1.82) is 0 Å². The van der Waals surface area contributed by atoms with Gasteiger partial charge in [-0.1, -0.05) is 17.7 Å². The molecule has 3 rings (SSSR count). The van der Waals surface area contributed by atoms with Crippen molar-refractivity contribution in [1.82, 2.24) is 9.80 Å². The van der Waals surface area contributed by atoms with E-state index in [4.69, 9.17) is 16.3 Å². The number of carbonyl (C=O) groups is 1. The van der Waals surface area contributed by atoms with Gasteiger partial charge in [0.2, 0.25) is 5.91 Å². The molecule has 7 heteroatoms. The van der Waals surface area contributed by atoms with Crippen LogP contribution in [0.2, 0.25) is 5.02 Å². The molecule has 0 radical (unpaired) electrons. The molecule has 0 bridgehead atoms. The van der Waals surface area contributed by atoms with Crippen molar-refractivity contribution >= 4 is 17.5 Å². The molecule has 1 aromatic carbocycles. The summed E-state index contributed by atoms with van der Waals surface area (Å²) in [6.45, 7) is 6.11. The van der Waals surface area contributed by atoms with Gasteiger partial charge in [-0.3, -0.25) is 9.69 Å². The molecule has 0 aromatic heterocycles. The summed E-state index contributed by atoms with van der Waals surface area (Å²) in [5, 5.41) is 22.0. The summed E-state index contributed by atoms with van der Waals surface area (Å²) in [7, 11) is 0. The Kier molecular flexibility index (Phi) is 6.31. The highest BCUT2D eigenvalue weighted by atomic mass is 35.5. The van der Waals surface area contributed by atoms with E-state index in [0.29, 0.717) is 29.8 Å². The van der Waals surface area contributed by atoms with Crippen LogP contribution in [-0.2, 0) is 4.79 Å². The third-order valence-corrected chi connectivity index (χ3v) is 6.09. The van der Waals surface area contributed by atoms with E-state index >= 15 is 0 Å². The molecule has 0 aliphatic carbocycles. The minimum Gasteiger partial charge on any atom is -0.489 e. The topological polar surface area (TPSA) is 73.2 Å². The lowest BCUT2D eigenvalue weighted by atomic mass is 9.88. The Morgan fingerprint density at radius 2 is 2.00 bits per heavy atom. The Bertz CT molecular complexity index is 678. The maximum absolute atomic E-state index is 11.5. The number of carbonyl (C=O) groups excluding carboxylic acids is 1. The number of hydrogen-bond donors (Lipinski definition) is 2. The molecule has 0 saturated carbocycles. The fraction of sp³-hybridized carbons (Fsp3) is 0.650. The summed E-state index contributed by atoms with van der Waals surface area (Å²) >= 11 is 6.17. The van der Waals surface area contributed by atoms with Gasteiger partial charge in [0.1, 0.15) is 18.0 Å². The third kappa shape index (κ3) is 4.74. The van der Waals surface area contributed by atoms with E-state index in [1.54, 1.807) is 13.0 Å². The number of hydrogen-bond acceptors (Lipinski definition) is 5. The van der Waals surface area contributed by atoms with Gasteiger partial charge < -0.3 is 19.8 Å². The molecule has 6 nitrogen and oxygen atoms in total. The van der Waals surface area contributed by atoms with E-state index in [1.165, 1.54) is 0 Å². The van der Waals surface area contributed by atoms with E-state index < -0.39 is 11.7 Å². The van der Waals surface area contributed by atoms with Gasteiger partial charge in [-0.2, -0.15) is 0 Å². The highest BCUT2D eigenvalue weighted by Crippen LogP contribution is 2.30. The second kappa shape index (κ2) is 8.35. The van der Waals surface area contributed by atoms with Gasteiger partial charge in [0, 0.05) is 39.1 Å². The van der Waals surface area contributed by atoms with Gasteiger partial charge in [0.05, 0.1) is 11.1 Å². The largest absolute Gasteiger partial charge is 0.489 e. The number of benzene rings is 1. The zero-order chi connectivity index (χ0) is 19.6. The molecule has 1 aromatic rings. The van der Waals surface area contributed by atoms with Gasteiger partial charge in [0.25, 0.3) is 0 Å². The van der Waals surface area contributed by atoms with Gasteiger partial charge in [-0.25, -0.2) is 0 Å². The summed E-state index contributed by atoms with van der Waals surface area (Å²) in [4.78, 5) is 15.6. The molecule has 0 unspecified atom stereocenters. The highest BCUT2D eigenvalue weighted by molar-refractivity contribution is 6.32. The lowest BCUT2D eigenvalue weighted by molar-refractivity contribution is -0.149. The monoisotopic (exact) mass is 396 g/mol. The molecule has 1 amide bonds. The molecule has 27 heavy (non-hydrogen) atoms. The van der Waals surface area contributed by atoms with Crippen LogP contribution in [0.25, 0.3) is 0 Å². The molecule has 0 spiro atoms. The van der Waals surface area contributed by atoms with Crippen LogP contribution in [0.1, 0.15) is 31.7 Å². The third-order valence-electron chi connectivity index (χ3n) is 5.78. The predicted molar refractivity (Wildman–Crippen MR) is 104 cm³/mol. The minimum atomic E-state index is -1.34. The van der Waals surface area contributed by atoms with Crippen molar-refractivity contribution in [3.63, 3.8) is 0 Å². The number of nitrogens with zero attached hydrogens (tertiary/aromatic N) is 2. The zero-order valence-corrected chi connectivity index (χ0v) is 16.8. The molecular weight excluding hydrogens is 368 g/mol. The van der Waals surface area contributed by atoms with Gasteiger partial charge >= 0.3 is 0 Å². The van der Waals surface area contributed by atoms with Crippen LogP contribution in [0.3, 0.4) is 0 Å². The number of amides is 1. The SMILES string of the molecule is CC(=O)N1CCC(N2CC[C@H](O)[C@@](O)(COc3cc(C)ccc3Cl)C2)CC1. The zero-order valence-electron chi connectivity index (χ0n) is 16.0. The maximum Gasteiger partial charge on any atom is 0.219 e. The van der Waals surface area contributed by atoms with Crippen molar-refractivity contribution in [2.45, 2.75) is 50.9 Å². The molecule has 2 heterocycles. The maximum atomic E-state index is 11.5. The fourth-order valence-electron chi connectivity index (χ4n) is 4.02. The van der Waals surface area contributed by atoms with E-state index in [-0.39, 0.29) is 12.5 Å². The Hall–Kier alpha value is -1.34. The second-order valence-electron chi connectivity index (χ2n) is 7.84. The minimum absolute atomic E-state index is 0.0138. The summed E-state index contributed by atoms with van der Waals surface area (Å²) in [5.74, 6) is 0.631. The number of β-amino-alcohol motifs (C(OH)–C–C–N with tert-alkyl or cyclic N) is 1. The lowest BCUT2D eigenvalue weighted by Gasteiger charge is -2.47. The molecule has 2 atom stereocenters. The van der Waals surface area contributed by atoms with Crippen LogP contribution in [0.15, 0.2) is 18.2 Å². The van der Waals surface area contributed by atoms with Crippen LogP contribution >= 0.6 is 11.6 Å². The molecule has 2 aliphatic heterocycles. The first-order valence-electron chi connectivity index (χ1n) is 9.57. The first-order chi connectivity index (χ1) is 12.8.